The van der Waals surface area contributed by atoms with Crippen molar-refractivity contribution >= 4 is 24.0 Å². The molecule has 0 fully saturated rings. The van der Waals surface area contributed by atoms with E-state index in [-0.39, 0.29) is 35.6 Å². The zero-order valence-electron chi connectivity index (χ0n) is 21.9. The summed E-state index contributed by atoms with van der Waals surface area (Å²) >= 11 is 1.63. The average molecular weight is 588 g/mol. The Hall–Kier alpha value is -0.400. The number of rotatable bonds is 3. The molecule has 0 saturated carbocycles. The monoisotopic (exact) mass is 585 g/mol. The van der Waals surface area contributed by atoms with Crippen LogP contribution >= 0.6 is 0 Å². The molecule has 2 aromatic rings. The van der Waals surface area contributed by atoms with Crippen LogP contribution in [-0.2, 0) is 35.5 Å². The number of allylic oxidation sites excluding steroid dienone is 4. The van der Waals surface area contributed by atoms with Crippen LogP contribution in [0, 0.1) is 0 Å². The summed E-state index contributed by atoms with van der Waals surface area (Å²) in [5.41, 5.74) is 13.3. The Balaban J connectivity index is 0.00000162. The van der Waals surface area contributed by atoms with Crippen LogP contribution in [0.1, 0.15) is 93.3 Å². The Morgan fingerprint density at radius 1 is 0.912 bits per heavy atom. The second kappa shape index (κ2) is 9.16. The van der Waals surface area contributed by atoms with Gasteiger partial charge in [-0.25, -0.2) is 0 Å². The molecule has 0 saturated heterocycles. The Morgan fingerprint density at radius 2 is 1.56 bits per heavy atom. The van der Waals surface area contributed by atoms with Crippen LogP contribution in [0.25, 0.3) is 16.7 Å². The summed E-state index contributed by atoms with van der Waals surface area (Å²) in [6.45, 7) is 19.4. The molecule has 34 heavy (non-hydrogen) atoms. The summed E-state index contributed by atoms with van der Waals surface area (Å²) < 4.78 is 0.554. The molecule has 0 nitrogen and oxygen atoms in total. The van der Waals surface area contributed by atoms with E-state index in [1.54, 1.807) is 63.7 Å². The van der Waals surface area contributed by atoms with Crippen molar-refractivity contribution < 1.29 is 49.5 Å². The Morgan fingerprint density at radius 3 is 2.06 bits per heavy atom. The predicted molar refractivity (Wildman–Crippen MR) is 139 cm³/mol. The Kier molecular flexibility index (Phi) is 7.59. The standard InChI is InChI=1S/C30H37Si.2ClH.Zr/c1-9-31(10-2)27-25-22-16-15-21(29(3,4)5)17-20(22)18-23(25)24(19-13-11-12-14-19)26(28(27)31)30(6,7)8;;;/h11-13,15-18H,9-10,14H2,1-8H3;2*1H;/q;;;+2/p-2. The third-order valence-electron chi connectivity index (χ3n) is 8.27. The van der Waals surface area contributed by atoms with Crippen molar-refractivity contribution in [2.75, 3.05) is 0 Å². The van der Waals surface area contributed by atoms with Gasteiger partial charge in [0.2, 0.25) is 0 Å². The molecule has 179 valence electrons. The average Bonchev–Trinajstić information content (AvgIpc) is 3.03. The quantitative estimate of drug-likeness (QED) is 0.474. The first kappa shape index (κ1) is 28.2. The Labute approximate surface area is 235 Å². The molecule has 5 rings (SSSR count). The maximum absolute atomic E-state index is 2.56. The molecule has 0 bridgehead atoms. The van der Waals surface area contributed by atoms with Gasteiger partial charge in [0.15, 0.2) is 0 Å². The predicted octanol–water partition coefficient (Wildman–Crippen LogP) is 1.17. The van der Waals surface area contributed by atoms with E-state index in [1.165, 1.54) is 17.7 Å². The van der Waals surface area contributed by atoms with Crippen molar-refractivity contribution in [3.63, 3.8) is 0 Å². The van der Waals surface area contributed by atoms with Crippen LogP contribution in [-0.4, -0.2) is 8.07 Å². The molecule has 0 amide bonds. The second-order valence-electron chi connectivity index (χ2n) is 12.1. The SMILES string of the molecule is CC[Si]1(CC)c2c3c(c(C4=CC=CC4)c(C(C)(C)C)c21)[CH]([Zr+2])c1cc(C(C)(C)C)ccc1-3.[Cl-].[Cl-]. The van der Waals surface area contributed by atoms with Gasteiger partial charge in [-0.2, -0.15) is 0 Å². The molecule has 1 unspecified atom stereocenters. The summed E-state index contributed by atoms with van der Waals surface area (Å²) in [6.07, 6.45) is 8.13. The summed E-state index contributed by atoms with van der Waals surface area (Å²) in [4.78, 5) is 0. The molecular formula is C30H37Cl2SiZr. The van der Waals surface area contributed by atoms with Crippen molar-refractivity contribution in [1.82, 2.24) is 0 Å². The zero-order valence-corrected chi connectivity index (χ0v) is 26.9. The van der Waals surface area contributed by atoms with Gasteiger partial charge in [-0.05, 0) is 0 Å². The van der Waals surface area contributed by atoms with E-state index in [4.69, 9.17) is 0 Å². The van der Waals surface area contributed by atoms with Crippen molar-refractivity contribution in [3.05, 3.63) is 64.2 Å². The number of benzene rings is 2. The van der Waals surface area contributed by atoms with E-state index in [2.05, 4.69) is 91.8 Å². The number of fused-ring (bicyclic) bond motifs is 5. The maximum Gasteiger partial charge on any atom is -1.00 e. The first-order chi connectivity index (χ1) is 15.0. The summed E-state index contributed by atoms with van der Waals surface area (Å²) in [5, 5.41) is 3.68. The molecule has 0 N–H and O–H groups in total. The van der Waals surface area contributed by atoms with E-state index < -0.39 is 8.07 Å². The van der Waals surface area contributed by atoms with Gasteiger partial charge in [0.05, 0.1) is 0 Å². The molecule has 4 heteroatoms. The molecule has 1 atom stereocenters. The fourth-order valence-corrected chi connectivity index (χ4v) is 12.9. The largest absolute Gasteiger partial charge is 1.00 e. The van der Waals surface area contributed by atoms with Crippen LogP contribution in [0.5, 0.6) is 0 Å². The van der Waals surface area contributed by atoms with Crippen LogP contribution in [0.15, 0.2) is 36.4 Å². The number of hydrogen-bond acceptors (Lipinski definition) is 0. The molecule has 0 aromatic heterocycles. The van der Waals surface area contributed by atoms with E-state index in [9.17, 15) is 0 Å². The van der Waals surface area contributed by atoms with Crippen molar-refractivity contribution in [2.24, 2.45) is 0 Å². The number of hydrogen-bond donors (Lipinski definition) is 0. The van der Waals surface area contributed by atoms with Gasteiger partial charge < -0.3 is 24.8 Å². The van der Waals surface area contributed by atoms with Gasteiger partial charge in [-0.1, -0.05) is 0 Å². The summed E-state index contributed by atoms with van der Waals surface area (Å²) in [7, 11) is -1.52. The van der Waals surface area contributed by atoms with E-state index >= 15 is 0 Å². The summed E-state index contributed by atoms with van der Waals surface area (Å²) in [5.74, 6) is 0. The topological polar surface area (TPSA) is 0 Å². The molecule has 1 aliphatic heterocycles. The van der Waals surface area contributed by atoms with Gasteiger partial charge in [0, 0.05) is 0 Å². The molecular weight excluding hydrogens is 551 g/mol. The second-order valence-corrected chi connectivity index (χ2v) is 18.1. The van der Waals surface area contributed by atoms with Crippen molar-refractivity contribution in [2.45, 2.75) is 88.4 Å². The van der Waals surface area contributed by atoms with Gasteiger partial charge in [0.1, 0.15) is 0 Å². The van der Waals surface area contributed by atoms with E-state index in [0.29, 0.717) is 3.63 Å². The molecule has 2 aromatic carbocycles. The summed E-state index contributed by atoms with van der Waals surface area (Å²) in [6, 6.07) is 10.2. The van der Waals surface area contributed by atoms with Crippen LogP contribution in [0.4, 0.5) is 0 Å². The molecule has 1 heterocycles. The van der Waals surface area contributed by atoms with Crippen LogP contribution in [0.3, 0.4) is 0 Å². The minimum atomic E-state index is -1.52. The minimum Gasteiger partial charge on any atom is -1.00 e. The third-order valence-corrected chi connectivity index (χ3v) is 14.8. The van der Waals surface area contributed by atoms with E-state index in [1.807, 2.05) is 10.4 Å². The first-order valence-corrected chi connectivity index (χ1v) is 16.3. The molecule has 2 aliphatic carbocycles. The van der Waals surface area contributed by atoms with Crippen LogP contribution < -0.4 is 35.2 Å². The smallest absolute Gasteiger partial charge is 1.00 e. The zero-order chi connectivity index (χ0) is 23.2. The maximum atomic E-state index is 2.56. The number of halogens is 2. The van der Waals surface area contributed by atoms with Gasteiger partial charge >= 0.3 is 212 Å². The minimum absolute atomic E-state index is 0. The fraction of sp³-hybridized carbons (Fsp3) is 0.467. The third kappa shape index (κ3) is 3.86. The molecule has 0 radical (unpaired) electrons. The van der Waals surface area contributed by atoms with Crippen molar-refractivity contribution in [1.29, 1.82) is 0 Å². The molecule has 0 spiro atoms. The van der Waals surface area contributed by atoms with Gasteiger partial charge in [-0.15, -0.1) is 0 Å². The fourth-order valence-electron chi connectivity index (χ4n) is 6.50. The normalized spacial score (nSPS) is 19.0. The Bertz CT molecular complexity index is 1200. The van der Waals surface area contributed by atoms with Crippen molar-refractivity contribution in [3.8, 4) is 11.1 Å². The van der Waals surface area contributed by atoms with Crippen LogP contribution in [0.2, 0.25) is 12.1 Å². The van der Waals surface area contributed by atoms with E-state index in [0.717, 1.165) is 6.42 Å². The van der Waals surface area contributed by atoms with Gasteiger partial charge in [0.25, 0.3) is 0 Å². The molecule has 3 aliphatic rings. The first-order valence-electron chi connectivity index (χ1n) is 12.4. The van der Waals surface area contributed by atoms with Gasteiger partial charge in [-0.3, -0.25) is 0 Å².